The van der Waals surface area contributed by atoms with E-state index >= 15 is 0 Å². The van der Waals surface area contributed by atoms with Crippen molar-refractivity contribution in [3.8, 4) is 0 Å². The topological polar surface area (TPSA) is 22.1 Å². The van der Waals surface area contributed by atoms with E-state index in [2.05, 4.69) is 4.98 Å². The quantitative estimate of drug-likeness (QED) is 0.739. The number of ether oxygens (including phenoxy) is 1. The minimum Gasteiger partial charge on any atom is -0.365 e. The molecule has 0 N–H and O–H groups in total. The van der Waals surface area contributed by atoms with E-state index in [-0.39, 0.29) is 0 Å². The van der Waals surface area contributed by atoms with Gasteiger partial charge in [0.05, 0.1) is 11.6 Å². The Bertz CT molecular complexity index is 282. The molecule has 0 spiro atoms. The molecule has 1 atom stereocenters. The molecule has 2 nitrogen and oxygen atoms in total. The molecule has 0 saturated carbocycles. The molecule has 0 fully saturated rings. The Morgan fingerprint density at radius 1 is 1.64 bits per heavy atom. The summed E-state index contributed by atoms with van der Waals surface area (Å²) >= 11 is 6.92. The van der Waals surface area contributed by atoms with Crippen molar-refractivity contribution in [3.63, 3.8) is 0 Å². The van der Waals surface area contributed by atoms with E-state index in [4.69, 9.17) is 16.3 Å². The summed E-state index contributed by atoms with van der Waals surface area (Å²) in [7, 11) is 0. The first-order valence-corrected chi connectivity index (χ1v) is 5.45. The highest BCUT2D eigenvalue weighted by molar-refractivity contribution is 7.09. The number of alkyl halides is 3. The molecular formula is C8H10ClF2NOS. The van der Waals surface area contributed by atoms with Crippen molar-refractivity contribution >= 4 is 22.9 Å². The molecule has 1 aromatic heterocycles. The molecule has 0 aromatic carbocycles. The van der Waals surface area contributed by atoms with Gasteiger partial charge in [0.15, 0.2) is 0 Å². The van der Waals surface area contributed by atoms with E-state index in [1.54, 1.807) is 12.3 Å². The molecule has 1 heterocycles. The zero-order valence-electron chi connectivity index (χ0n) is 7.54. The summed E-state index contributed by atoms with van der Waals surface area (Å²) in [6, 6.07) is 0. The normalized spacial score (nSPS) is 13.5. The summed E-state index contributed by atoms with van der Waals surface area (Å²) in [5, 5.41) is 2.48. The Balaban J connectivity index is 2.47. The molecule has 1 unspecified atom stereocenters. The lowest BCUT2D eigenvalue weighted by Crippen LogP contribution is -2.07. The predicted octanol–water partition coefficient (Wildman–Crippen LogP) is 3.22. The SMILES string of the molecule is CC(OCC(F)F)c1nc(CCl)cs1. The second-order valence-corrected chi connectivity index (χ2v) is 3.83. The Morgan fingerprint density at radius 3 is 2.86 bits per heavy atom. The largest absolute Gasteiger partial charge is 0.365 e. The van der Waals surface area contributed by atoms with E-state index in [0.29, 0.717) is 10.9 Å². The van der Waals surface area contributed by atoms with Gasteiger partial charge in [-0.15, -0.1) is 22.9 Å². The molecule has 0 aliphatic carbocycles. The van der Waals surface area contributed by atoms with Gasteiger partial charge in [-0.25, -0.2) is 13.8 Å². The van der Waals surface area contributed by atoms with Crippen LogP contribution in [0.1, 0.15) is 23.7 Å². The van der Waals surface area contributed by atoms with Gasteiger partial charge in [0.2, 0.25) is 0 Å². The van der Waals surface area contributed by atoms with Gasteiger partial charge >= 0.3 is 0 Å². The number of nitrogens with zero attached hydrogens (tertiary/aromatic N) is 1. The first kappa shape index (κ1) is 11.8. The average molecular weight is 242 g/mol. The van der Waals surface area contributed by atoms with Gasteiger partial charge in [0.25, 0.3) is 6.43 Å². The van der Waals surface area contributed by atoms with Crippen molar-refractivity contribution in [2.24, 2.45) is 0 Å². The van der Waals surface area contributed by atoms with Crippen LogP contribution < -0.4 is 0 Å². The van der Waals surface area contributed by atoms with Gasteiger partial charge < -0.3 is 4.74 Å². The van der Waals surface area contributed by atoms with Crippen molar-refractivity contribution in [2.45, 2.75) is 25.3 Å². The maximum Gasteiger partial charge on any atom is 0.261 e. The van der Waals surface area contributed by atoms with Crippen LogP contribution in [0.15, 0.2) is 5.38 Å². The molecule has 0 bridgehead atoms. The molecule has 0 amide bonds. The van der Waals surface area contributed by atoms with Crippen molar-refractivity contribution in [1.29, 1.82) is 0 Å². The highest BCUT2D eigenvalue weighted by Crippen LogP contribution is 2.22. The lowest BCUT2D eigenvalue weighted by atomic mass is 10.4. The Morgan fingerprint density at radius 2 is 2.36 bits per heavy atom. The van der Waals surface area contributed by atoms with Gasteiger partial charge in [0, 0.05) is 5.38 Å². The Labute approximate surface area is 89.9 Å². The summed E-state index contributed by atoms with van der Waals surface area (Å²) in [5.74, 6) is 0.331. The zero-order valence-corrected chi connectivity index (χ0v) is 9.12. The summed E-state index contributed by atoms with van der Waals surface area (Å²) in [4.78, 5) is 4.12. The van der Waals surface area contributed by atoms with Gasteiger partial charge in [-0.3, -0.25) is 0 Å². The molecule has 0 radical (unpaired) electrons. The fraction of sp³-hybridized carbons (Fsp3) is 0.625. The Hall–Kier alpha value is -0.260. The van der Waals surface area contributed by atoms with Crippen LogP contribution in [0.25, 0.3) is 0 Å². The second-order valence-electron chi connectivity index (χ2n) is 2.68. The summed E-state index contributed by atoms with van der Waals surface area (Å²) in [5.41, 5.74) is 0.749. The maximum absolute atomic E-state index is 11.8. The van der Waals surface area contributed by atoms with Crippen LogP contribution in [0.4, 0.5) is 8.78 Å². The minimum absolute atomic E-state index is 0.331. The summed E-state index contributed by atoms with van der Waals surface area (Å²) < 4.78 is 28.5. The molecule has 80 valence electrons. The Kier molecular flexibility index (Phi) is 4.71. The monoisotopic (exact) mass is 241 g/mol. The van der Waals surface area contributed by atoms with E-state index in [0.717, 1.165) is 5.69 Å². The molecule has 0 aliphatic heterocycles. The highest BCUT2D eigenvalue weighted by atomic mass is 35.5. The fourth-order valence-corrected chi connectivity index (χ4v) is 1.91. The number of aromatic nitrogens is 1. The van der Waals surface area contributed by atoms with Gasteiger partial charge in [-0.2, -0.15) is 0 Å². The van der Waals surface area contributed by atoms with Crippen LogP contribution in [0, 0.1) is 0 Å². The number of rotatable bonds is 5. The van der Waals surface area contributed by atoms with Crippen molar-refractivity contribution in [2.75, 3.05) is 6.61 Å². The van der Waals surface area contributed by atoms with E-state index in [1.165, 1.54) is 11.3 Å². The highest BCUT2D eigenvalue weighted by Gasteiger charge is 2.13. The number of hydrogen-bond acceptors (Lipinski definition) is 3. The van der Waals surface area contributed by atoms with Crippen LogP contribution >= 0.6 is 22.9 Å². The third-order valence-corrected chi connectivity index (χ3v) is 2.85. The number of halogens is 3. The lowest BCUT2D eigenvalue weighted by Gasteiger charge is -2.09. The van der Waals surface area contributed by atoms with Crippen molar-refractivity contribution in [3.05, 3.63) is 16.1 Å². The zero-order chi connectivity index (χ0) is 10.6. The van der Waals surface area contributed by atoms with Crippen LogP contribution in [0.5, 0.6) is 0 Å². The molecule has 14 heavy (non-hydrogen) atoms. The van der Waals surface area contributed by atoms with E-state index in [1.807, 2.05) is 0 Å². The van der Waals surface area contributed by atoms with E-state index in [9.17, 15) is 8.78 Å². The average Bonchev–Trinajstić information content (AvgIpc) is 2.62. The smallest absolute Gasteiger partial charge is 0.261 e. The molecular weight excluding hydrogens is 232 g/mol. The minimum atomic E-state index is -2.44. The van der Waals surface area contributed by atoms with E-state index < -0.39 is 19.1 Å². The fourth-order valence-electron chi connectivity index (χ4n) is 0.859. The third kappa shape index (κ3) is 3.48. The van der Waals surface area contributed by atoms with Crippen molar-refractivity contribution in [1.82, 2.24) is 4.98 Å². The molecule has 0 aliphatic rings. The standard InChI is InChI=1S/C8H10ClF2NOS/c1-5(13-3-7(10)11)8-12-6(2-9)4-14-8/h4-5,7H,2-3H2,1H3. The van der Waals surface area contributed by atoms with Crippen LogP contribution in [-0.4, -0.2) is 18.0 Å². The number of hydrogen-bond donors (Lipinski definition) is 0. The van der Waals surface area contributed by atoms with Crippen molar-refractivity contribution < 1.29 is 13.5 Å². The summed E-state index contributed by atoms with van der Waals surface area (Å²) in [6.45, 7) is 1.14. The third-order valence-electron chi connectivity index (χ3n) is 1.53. The molecule has 0 saturated heterocycles. The molecule has 6 heteroatoms. The van der Waals surface area contributed by atoms with Crippen LogP contribution in [0.2, 0.25) is 0 Å². The molecule has 1 rings (SSSR count). The molecule has 1 aromatic rings. The first-order valence-electron chi connectivity index (χ1n) is 4.03. The van der Waals surface area contributed by atoms with Gasteiger partial charge in [-0.05, 0) is 6.92 Å². The van der Waals surface area contributed by atoms with Crippen LogP contribution in [-0.2, 0) is 10.6 Å². The maximum atomic E-state index is 11.8. The van der Waals surface area contributed by atoms with Gasteiger partial charge in [0.1, 0.15) is 17.7 Å². The first-order chi connectivity index (χ1) is 6.63. The van der Waals surface area contributed by atoms with Gasteiger partial charge in [-0.1, -0.05) is 0 Å². The lowest BCUT2D eigenvalue weighted by molar-refractivity contribution is -0.0182. The summed E-state index contributed by atoms with van der Waals surface area (Å²) in [6.07, 6.45) is -2.84. The second kappa shape index (κ2) is 5.58. The number of thiazole rings is 1. The van der Waals surface area contributed by atoms with Crippen LogP contribution in [0.3, 0.4) is 0 Å². The predicted molar refractivity (Wildman–Crippen MR) is 52.0 cm³/mol.